The third-order valence-electron chi connectivity index (χ3n) is 9.55. The van der Waals surface area contributed by atoms with E-state index in [4.69, 9.17) is 0 Å². The molecule has 0 heterocycles. The Bertz CT molecular complexity index is 430. The lowest BCUT2D eigenvalue weighted by molar-refractivity contribution is 0.142. The lowest BCUT2D eigenvalue weighted by Gasteiger charge is -2.33. The zero-order chi connectivity index (χ0) is 20.1. The molecule has 0 saturated heterocycles. The van der Waals surface area contributed by atoms with Crippen LogP contribution in [0.3, 0.4) is 0 Å². The van der Waals surface area contributed by atoms with Gasteiger partial charge in [0.25, 0.3) is 0 Å². The smallest absolute Gasteiger partial charge is 0.103 e. The van der Waals surface area contributed by atoms with Crippen LogP contribution in [0.1, 0.15) is 118 Å². The summed E-state index contributed by atoms with van der Waals surface area (Å²) in [5.41, 5.74) is 0. The van der Waals surface area contributed by atoms with E-state index >= 15 is 4.39 Å². The summed E-state index contributed by atoms with van der Waals surface area (Å²) >= 11 is 0. The van der Waals surface area contributed by atoms with Crippen molar-refractivity contribution in [2.24, 2.45) is 47.3 Å². The Balaban J connectivity index is 1.43. The van der Waals surface area contributed by atoms with Crippen molar-refractivity contribution in [2.75, 3.05) is 0 Å². The van der Waals surface area contributed by atoms with Crippen molar-refractivity contribution < 1.29 is 4.39 Å². The number of rotatable bonds is 6. The topological polar surface area (TPSA) is 0 Å². The van der Waals surface area contributed by atoms with E-state index in [9.17, 15) is 0 Å². The molecule has 0 aliphatic heterocycles. The number of hydrogen-bond donors (Lipinski definition) is 0. The zero-order valence-corrected chi connectivity index (χ0v) is 19.5. The minimum absolute atomic E-state index is 0.339. The molecule has 0 nitrogen and oxygen atoms in total. The molecule has 5 unspecified atom stereocenters. The zero-order valence-electron chi connectivity index (χ0n) is 19.5. The van der Waals surface area contributed by atoms with E-state index in [1.807, 2.05) is 0 Å². The molecule has 3 aliphatic rings. The van der Waals surface area contributed by atoms with Gasteiger partial charge in [-0.1, -0.05) is 66.2 Å². The first-order valence-electron chi connectivity index (χ1n) is 13.1. The highest BCUT2D eigenvalue weighted by atomic mass is 19.1. The van der Waals surface area contributed by atoms with E-state index in [0.29, 0.717) is 11.8 Å². The van der Waals surface area contributed by atoms with Gasteiger partial charge in [-0.3, -0.25) is 0 Å². The van der Waals surface area contributed by atoms with Gasteiger partial charge in [-0.2, -0.15) is 0 Å². The maximum atomic E-state index is 15.1. The van der Waals surface area contributed by atoms with Crippen LogP contribution in [-0.4, -0.2) is 6.17 Å². The summed E-state index contributed by atoms with van der Waals surface area (Å²) < 4.78 is 15.1. The maximum Gasteiger partial charge on any atom is 0.103 e. The summed E-state index contributed by atoms with van der Waals surface area (Å²) in [7, 11) is 0. The first-order chi connectivity index (χ1) is 13.4. The highest BCUT2D eigenvalue weighted by Crippen LogP contribution is 2.43. The van der Waals surface area contributed by atoms with Gasteiger partial charge in [-0.25, -0.2) is 4.39 Å². The van der Waals surface area contributed by atoms with Crippen LogP contribution in [0, 0.1) is 47.3 Å². The predicted octanol–water partition coefficient (Wildman–Crippen LogP) is 8.84. The van der Waals surface area contributed by atoms with Crippen LogP contribution in [0.2, 0.25) is 0 Å². The lowest BCUT2D eigenvalue weighted by Crippen LogP contribution is -2.24. The van der Waals surface area contributed by atoms with Crippen molar-refractivity contribution in [1.82, 2.24) is 0 Å². The molecule has 0 radical (unpaired) electrons. The molecular weight excluding hydrogens is 343 g/mol. The second-order valence-corrected chi connectivity index (χ2v) is 11.7. The van der Waals surface area contributed by atoms with Crippen LogP contribution in [0.25, 0.3) is 0 Å². The Labute approximate surface area is 175 Å². The van der Waals surface area contributed by atoms with Gasteiger partial charge < -0.3 is 0 Å². The molecule has 0 bridgehead atoms. The first-order valence-corrected chi connectivity index (χ1v) is 13.1. The number of alkyl halides is 1. The summed E-state index contributed by atoms with van der Waals surface area (Å²) in [5, 5.41) is 0. The highest BCUT2D eigenvalue weighted by molar-refractivity contribution is 4.85. The van der Waals surface area contributed by atoms with Crippen LogP contribution in [0.4, 0.5) is 4.39 Å². The molecule has 164 valence electrons. The summed E-state index contributed by atoms with van der Waals surface area (Å²) in [5.74, 6) is 6.31. The van der Waals surface area contributed by atoms with Gasteiger partial charge in [-0.05, 0) is 98.7 Å². The van der Waals surface area contributed by atoms with Gasteiger partial charge in [0.05, 0.1) is 0 Å². The number of hydrogen-bond acceptors (Lipinski definition) is 0. The minimum Gasteiger partial charge on any atom is -0.247 e. The normalized spacial score (nSPS) is 42.5. The van der Waals surface area contributed by atoms with Crippen molar-refractivity contribution in [2.45, 2.75) is 124 Å². The van der Waals surface area contributed by atoms with E-state index in [1.165, 1.54) is 77.0 Å². The van der Waals surface area contributed by atoms with Gasteiger partial charge in [0.15, 0.2) is 0 Å². The Morgan fingerprint density at radius 2 is 1.07 bits per heavy atom. The van der Waals surface area contributed by atoms with Crippen molar-refractivity contribution in [3.63, 3.8) is 0 Å². The molecule has 3 aliphatic carbocycles. The fourth-order valence-corrected chi connectivity index (χ4v) is 7.02. The van der Waals surface area contributed by atoms with Crippen molar-refractivity contribution in [1.29, 1.82) is 0 Å². The second-order valence-electron chi connectivity index (χ2n) is 11.7. The summed E-state index contributed by atoms with van der Waals surface area (Å²) in [6.07, 6.45) is 17.9. The van der Waals surface area contributed by atoms with Gasteiger partial charge in [0.2, 0.25) is 0 Å². The predicted molar refractivity (Wildman–Crippen MR) is 120 cm³/mol. The molecule has 28 heavy (non-hydrogen) atoms. The van der Waals surface area contributed by atoms with Gasteiger partial charge in [-0.15, -0.1) is 0 Å². The molecule has 3 rings (SSSR count). The monoisotopic (exact) mass is 392 g/mol. The molecule has 0 amide bonds. The summed E-state index contributed by atoms with van der Waals surface area (Å²) in [6, 6.07) is 0. The van der Waals surface area contributed by atoms with E-state index < -0.39 is 6.17 Å². The molecule has 0 aromatic carbocycles. The fourth-order valence-electron chi connectivity index (χ4n) is 7.02. The SMILES string of the molecule is CC1CCC(C(C)CCC(C)C2CCC(C3CCC(C)CC3)CCC2F)CC1. The Morgan fingerprint density at radius 1 is 0.607 bits per heavy atom. The Hall–Kier alpha value is -0.0700. The summed E-state index contributed by atoms with van der Waals surface area (Å²) in [6.45, 7) is 9.67. The maximum absolute atomic E-state index is 15.1. The quantitative estimate of drug-likeness (QED) is 0.396. The lowest BCUT2D eigenvalue weighted by atomic mass is 9.73. The van der Waals surface area contributed by atoms with Gasteiger partial charge in [0.1, 0.15) is 6.17 Å². The average molecular weight is 393 g/mol. The van der Waals surface area contributed by atoms with E-state index in [2.05, 4.69) is 27.7 Å². The van der Waals surface area contributed by atoms with Crippen molar-refractivity contribution >= 4 is 0 Å². The van der Waals surface area contributed by atoms with Crippen LogP contribution in [0.15, 0.2) is 0 Å². The first kappa shape index (κ1) is 22.6. The van der Waals surface area contributed by atoms with Crippen LogP contribution >= 0.6 is 0 Å². The summed E-state index contributed by atoms with van der Waals surface area (Å²) in [4.78, 5) is 0. The fraction of sp³-hybridized carbons (Fsp3) is 1.00. The average Bonchev–Trinajstić information content (AvgIpc) is 2.89. The van der Waals surface area contributed by atoms with Crippen LogP contribution < -0.4 is 0 Å². The standard InChI is InChI=1S/C27H49F/c1-19-5-11-23(12-6-19)21(3)9-10-22(4)26-17-15-25(16-18-27(26)28)24-13-7-20(2)8-14-24/h19-27H,5-18H2,1-4H3. The molecule has 3 fully saturated rings. The van der Waals surface area contributed by atoms with E-state index in [0.717, 1.165) is 48.3 Å². The third kappa shape index (κ3) is 6.21. The molecule has 3 saturated carbocycles. The van der Waals surface area contributed by atoms with Crippen molar-refractivity contribution in [3.8, 4) is 0 Å². The Morgan fingerprint density at radius 3 is 1.68 bits per heavy atom. The molecular formula is C27H49F. The molecule has 5 atom stereocenters. The molecule has 0 aromatic heterocycles. The van der Waals surface area contributed by atoms with Crippen molar-refractivity contribution in [3.05, 3.63) is 0 Å². The van der Waals surface area contributed by atoms with Crippen LogP contribution in [0.5, 0.6) is 0 Å². The van der Waals surface area contributed by atoms with E-state index in [1.54, 1.807) is 0 Å². The second kappa shape index (κ2) is 10.8. The van der Waals surface area contributed by atoms with Gasteiger partial charge in [0, 0.05) is 0 Å². The third-order valence-corrected chi connectivity index (χ3v) is 9.55. The largest absolute Gasteiger partial charge is 0.247 e. The van der Waals surface area contributed by atoms with Crippen LogP contribution in [-0.2, 0) is 0 Å². The molecule has 1 heteroatoms. The minimum atomic E-state index is -0.534. The highest BCUT2D eigenvalue weighted by Gasteiger charge is 2.35. The molecule has 0 spiro atoms. The number of halogens is 1. The molecule has 0 aromatic rings. The van der Waals surface area contributed by atoms with E-state index in [-0.39, 0.29) is 0 Å². The van der Waals surface area contributed by atoms with Gasteiger partial charge >= 0.3 is 0 Å². The Kier molecular flexibility index (Phi) is 8.73. The molecule has 0 N–H and O–H groups in total.